The van der Waals surface area contributed by atoms with E-state index in [-0.39, 0.29) is 11.6 Å². The highest BCUT2D eigenvalue weighted by Crippen LogP contribution is 2.33. The first-order valence-corrected chi connectivity index (χ1v) is 8.61. The highest BCUT2D eigenvalue weighted by molar-refractivity contribution is 7.10. The largest absolute Gasteiger partial charge is 0.323 e. The topological polar surface area (TPSA) is 77.8 Å². The molecule has 0 fully saturated rings. The summed E-state index contributed by atoms with van der Waals surface area (Å²) < 4.78 is 0. The number of thiophene rings is 1. The maximum atomic E-state index is 12.6. The van der Waals surface area contributed by atoms with Crippen molar-refractivity contribution in [2.45, 2.75) is 26.2 Å². The molecule has 1 unspecified atom stereocenters. The summed E-state index contributed by atoms with van der Waals surface area (Å²) in [5, 5.41) is 4.91. The van der Waals surface area contributed by atoms with Crippen molar-refractivity contribution < 1.29 is 4.79 Å². The van der Waals surface area contributed by atoms with Gasteiger partial charge in [0, 0.05) is 15.9 Å². The van der Waals surface area contributed by atoms with E-state index in [4.69, 9.17) is 0 Å². The SMILES string of the molecule is CC1CCc2c(C(=O)Nc3ccc4[nH]c(=O)[nH]c4c3)csc2C1. The van der Waals surface area contributed by atoms with Gasteiger partial charge in [-0.3, -0.25) is 4.79 Å². The fraction of sp³-hybridized carbons (Fsp3) is 0.294. The Morgan fingerprint density at radius 2 is 2.13 bits per heavy atom. The molecule has 0 saturated carbocycles. The van der Waals surface area contributed by atoms with Crippen molar-refractivity contribution in [2.75, 3.05) is 5.32 Å². The quantitative estimate of drug-likeness (QED) is 0.675. The van der Waals surface area contributed by atoms with Crippen LogP contribution in [0.1, 0.15) is 34.1 Å². The average molecular weight is 327 g/mol. The lowest BCUT2D eigenvalue weighted by atomic mass is 9.88. The predicted molar refractivity (Wildman–Crippen MR) is 92.4 cm³/mol. The highest BCUT2D eigenvalue weighted by atomic mass is 32.1. The van der Waals surface area contributed by atoms with Gasteiger partial charge in [-0.15, -0.1) is 11.3 Å². The summed E-state index contributed by atoms with van der Waals surface area (Å²) in [6.07, 6.45) is 3.19. The second-order valence-electron chi connectivity index (χ2n) is 6.19. The van der Waals surface area contributed by atoms with E-state index in [9.17, 15) is 9.59 Å². The Bertz CT molecular complexity index is 950. The van der Waals surface area contributed by atoms with E-state index >= 15 is 0 Å². The van der Waals surface area contributed by atoms with Crippen molar-refractivity contribution in [3.63, 3.8) is 0 Å². The number of imidazole rings is 1. The zero-order chi connectivity index (χ0) is 16.0. The van der Waals surface area contributed by atoms with Gasteiger partial charge >= 0.3 is 5.69 Å². The molecule has 5 nitrogen and oxygen atoms in total. The molecule has 3 aromatic rings. The lowest BCUT2D eigenvalue weighted by molar-refractivity contribution is 0.102. The van der Waals surface area contributed by atoms with Gasteiger partial charge in [-0.05, 0) is 48.9 Å². The van der Waals surface area contributed by atoms with Crippen molar-refractivity contribution in [1.29, 1.82) is 0 Å². The summed E-state index contributed by atoms with van der Waals surface area (Å²) in [7, 11) is 0. The van der Waals surface area contributed by atoms with E-state index in [1.54, 1.807) is 29.5 Å². The Labute approximate surface area is 136 Å². The minimum atomic E-state index is -0.246. The molecule has 3 N–H and O–H groups in total. The third kappa shape index (κ3) is 2.59. The van der Waals surface area contributed by atoms with Gasteiger partial charge in [-0.25, -0.2) is 4.79 Å². The summed E-state index contributed by atoms with van der Waals surface area (Å²) >= 11 is 1.69. The molecule has 1 aliphatic rings. The maximum Gasteiger partial charge on any atom is 0.323 e. The molecule has 1 aromatic carbocycles. The summed E-state index contributed by atoms with van der Waals surface area (Å²) in [5.74, 6) is 0.624. The number of hydrogen-bond acceptors (Lipinski definition) is 3. The van der Waals surface area contributed by atoms with Crippen LogP contribution >= 0.6 is 11.3 Å². The number of hydrogen-bond donors (Lipinski definition) is 3. The lowest BCUT2D eigenvalue weighted by Gasteiger charge is -2.18. The number of nitrogens with one attached hydrogen (secondary N) is 3. The van der Waals surface area contributed by atoms with Crippen LogP contribution in [0.5, 0.6) is 0 Å². The Morgan fingerprint density at radius 1 is 1.30 bits per heavy atom. The van der Waals surface area contributed by atoms with E-state index in [1.807, 2.05) is 5.38 Å². The molecule has 0 saturated heterocycles. The molecule has 1 atom stereocenters. The Hall–Kier alpha value is -2.34. The molecule has 118 valence electrons. The van der Waals surface area contributed by atoms with Crippen molar-refractivity contribution >= 4 is 34.0 Å². The normalized spacial score (nSPS) is 17.2. The summed E-state index contributed by atoms with van der Waals surface area (Å²) in [5.41, 5.74) is 3.86. The lowest BCUT2D eigenvalue weighted by Crippen LogP contribution is -2.16. The summed E-state index contributed by atoms with van der Waals surface area (Å²) in [6.45, 7) is 2.26. The van der Waals surface area contributed by atoms with Crippen LogP contribution in [0.25, 0.3) is 11.0 Å². The number of anilines is 1. The van der Waals surface area contributed by atoms with Gasteiger partial charge in [-0.1, -0.05) is 6.92 Å². The fourth-order valence-corrected chi connectivity index (χ4v) is 4.42. The Kier molecular flexibility index (Phi) is 3.34. The van der Waals surface area contributed by atoms with Crippen molar-refractivity contribution in [3.05, 3.63) is 50.1 Å². The number of benzene rings is 1. The standard InChI is InChI=1S/C17H17N3O2S/c1-9-2-4-11-12(8-23-15(11)6-9)16(21)18-10-3-5-13-14(7-10)20-17(22)19-13/h3,5,7-9H,2,4,6H2,1H3,(H,18,21)(H2,19,20,22). The van der Waals surface area contributed by atoms with Crippen LogP contribution in [0.3, 0.4) is 0 Å². The van der Waals surface area contributed by atoms with Gasteiger partial charge in [0.15, 0.2) is 0 Å². The van der Waals surface area contributed by atoms with Gasteiger partial charge in [0.1, 0.15) is 0 Å². The number of aromatic amines is 2. The number of fused-ring (bicyclic) bond motifs is 2. The van der Waals surface area contributed by atoms with Gasteiger partial charge in [-0.2, -0.15) is 0 Å². The van der Waals surface area contributed by atoms with E-state index in [2.05, 4.69) is 22.2 Å². The zero-order valence-corrected chi connectivity index (χ0v) is 13.5. The molecule has 23 heavy (non-hydrogen) atoms. The van der Waals surface area contributed by atoms with Crippen LogP contribution < -0.4 is 11.0 Å². The minimum absolute atomic E-state index is 0.0747. The highest BCUT2D eigenvalue weighted by Gasteiger charge is 2.23. The summed E-state index contributed by atoms with van der Waals surface area (Å²) in [4.78, 5) is 30.6. The molecule has 1 amide bonds. The van der Waals surface area contributed by atoms with E-state index in [1.165, 1.54) is 10.4 Å². The first kappa shape index (κ1) is 14.3. The third-order valence-electron chi connectivity index (χ3n) is 4.42. The molecule has 4 rings (SSSR count). The van der Waals surface area contributed by atoms with Crippen LogP contribution in [0.4, 0.5) is 5.69 Å². The van der Waals surface area contributed by atoms with Crippen LogP contribution in [-0.4, -0.2) is 15.9 Å². The number of aromatic nitrogens is 2. The van der Waals surface area contributed by atoms with Gasteiger partial charge in [0.05, 0.1) is 16.6 Å². The van der Waals surface area contributed by atoms with Crippen LogP contribution in [0.15, 0.2) is 28.4 Å². The monoisotopic (exact) mass is 327 g/mol. The molecule has 6 heteroatoms. The molecule has 1 aliphatic carbocycles. The molecular weight excluding hydrogens is 310 g/mol. The Balaban J connectivity index is 1.60. The fourth-order valence-electron chi connectivity index (χ4n) is 3.18. The number of H-pyrrole nitrogens is 2. The number of carbonyl (C=O) groups excluding carboxylic acids is 1. The van der Waals surface area contributed by atoms with Crippen LogP contribution in [-0.2, 0) is 12.8 Å². The molecule has 2 aromatic heterocycles. The van der Waals surface area contributed by atoms with Gasteiger partial charge in [0.25, 0.3) is 5.91 Å². The van der Waals surface area contributed by atoms with E-state index in [0.29, 0.717) is 17.1 Å². The van der Waals surface area contributed by atoms with Gasteiger partial charge in [0.2, 0.25) is 0 Å². The maximum absolute atomic E-state index is 12.6. The number of rotatable bonds is 2. The summed E-state index contributed by atoms with van der Waals surface area (Å²) in [6, 6.07) is 5.35. The number of carbonyl (C=O) groups is 1. The van der Waals surface area contributed by atoms with E-state index in [0.717, 1.165) is 30.3 Å². The average Bonchev–Trinajstić information content (AvgIpc) is 3.08. The molecule has 0 aliphatic heterocycles. The first-order chi connectivity index (χ1) is 11.1. The van der Waals surface area contributed by atoms with Gasteiger partial charge < -0.3 is 15.3 Å². The smallest absolute Gasteiger partial charge is 0.322 e. The van der Waals surface area contributed by atoms with Crippen molar-refractivity contribution in [2.24, 2.45) is 5.92 Å². The van der Waals surface area contributed by atoms with Crippen molar-refractivity contribution in [3.8, 4) is 0 Å². The number of amides is 1. The molecule has 0 spiro atoms. The molecular formula is C17H17N3O2S. The molecule has 2 heterocycles. The van der Waals surface area contributed by atoms with Crippen LogP contribution in [0.2, 0.25) is 0 Å². The second kappa shape index (κ2) is 5.38. The first-order valence-electron chi connectivity index (χ1n) is 7.73. The minimum Gasteiger partial charge on any atom is -0.322 e. The molecule has 0 radical (unpaired) electrons. The van der Waals surface area contributed by atoms with E-state index < -0.39 is 0 Å². The molecule has 0 bridgehead atoms. The Morgan fingerprint density at radius 3 is 3.00 bits per heavy atom. The van der Waals surface area contributed by atoms with Crippen molar-refractivity contribution in [1.82, 2.24) is 9.97 Å². The predicted octanol–water partition coefficient (Wildman–Crippen LogP) is 3.29. The third-order valence-corrected chi connectivity index (χ3v) is 5.47. The zero-order valence-electron chi connectivity index (χ0n) is 12.7. The second-order valence-corrected chi connectivity index (χ2v) is 7.16. The van der Waals surface area contributed by atoms with Crippen LogP contribution in [0, 0.1) is 5.92 Å².